The summed E-state index contributed by atoms with van der Waals surface area (Å²) in [6.07, 6.45) is 10.2. The molecule has 1 heteroatoms. The Hall–Kier alpha value is -0.0400. The van der Waals surface area contributed by atoms with Crippen LogP contribution in [0.2, 0.25) is 0 Å². The smallest absolute Gasteiger partial charge is 0.0118 e. The lowest BCUT2D eigenvalue weighted by Crippen LogP contribution is -2.52. The summed E-state index contributed by atoms with van der Waals surface area (Å²) < 4.78 is 0. The molecule has 0 bridgehead atoms. The summed E-state index contributed by atoms with van der Waals surface area (Å²) in [6, 6.07) is 1.59. The lowest BCUT2D eigenvalue weighted by Gasteiger charge is -2.42. The first-order chi connectivity index (χ1) is 7.07. The van der Waals surface area contributed by atoms with Crippen molar-refractivity contribution in [3.05, 3.63) is 0 Å². The summed E-state index contributed by atoms with van der Waals surface area (Å²) in [5.41, 5.74) is 0.442. The highest BCUT2D eigenvalue weighted by Crippen LogP contribution is 2.35. The maximum absolute atomic E-state index is 3.94. The molecule has 1 saturated heterocycles. The summed E-state index contributed by atoms with van der Waals surface area (Å²) >= 11 is 0. The first kappa shape index (κ1) is 11.4. The van der Waals surface area contributed by atoms with Crippen molar-refractivity contribution in [1.82, 2.24) is 5.32 Å². The Kier molecular flexibility index (Phi) is 3.39. The molecule has 0 aromatic carbocycles. The highest BCUT2D eigenvalue weighted by molar-refractivity contribution is 4.92. The second-order valence-corrected chi connectivity index (χ2v) is 6.67. The third-order valence-electron chi connectivity index (χ3n) is 4.45. The van der Waals surface area contributed by atoms with Crippen LogP contribution in [0.1, 0.15) is 65.7 Å². The molecule has 1 aliphatic heterocycles. The van der Waals surface area contributed by atoms with Gasteiger partial charge in [0.15, 0.2) is 0 Å². The second-order valence-electron chi connectivity index (χ2n) is 6.67. The van der Waals surface area contributed by atoms with Gasteiger partial charge in [-0.25, -0.2) is 0 Å². The number of hydrogen-bond donors (Lipinski definition) is 1. The monoisotopic (exact) mass is 209 g/mol. The van der Waals surface area contributed by atoms with Crippen LogP contribution in [-0.4, -0.2) is 12.1 Å². The minimum absolute atomic E-state index is 0.442. The van der Waals surface area contributed by atoms with Crippen molar-refractivity contribution < 1.29 is 0 Å². The zero-order chi connectivity index (χ0) is 10.9. The van der Waals surface area contributed by atoms with Crippen molar-refractivity contribution in [1.29, 1.82) is 0 Å². The molecule has 1 aliphatic carbocycles. The van der Waals surface area contributed by atoms with Gasteiger partial charge in [-0.15, -0.1) is 0 Å². The minimum Gasteiger partial charge on any atom is -0.310 e. The molecule has 0 aromatic heterocycles. The average Bonchev–Trinajstić information content (AvgIpc) is 2.39. The van der Waals surface area contributed by atoms with Gasteiger partial charge >= 0.3 is 0 Å². The van der Waals surface area contributed by atoms with E-state index in [1.165, 1.54) is 44.9 Å². The van der Waals surface area contributed by atoms with E-state index in [1.807, 2.05) is 0 Å². The topological polar surface area (TPSA) is 12.0 Å². The van der Waals surface area contributed by atoms with Gasteiger partial charge in [0.2, 0.25) is 0 Å². The molecular weight excluding hydrogens is 182 g/mol. The quantitative estimate of drug-likeness (QED) is 0.641. The third kappa shape index (κ3) is 2.75. The van der Waals surface area contributed by atoms with Gasteiger partial charge in [-0.3, -0.25) is 0 Å². The molecule has 1 saturated carbocycles. The Morgan fingerprint density at radius 3 is 2.33 bits per heavy atom. The molecule has 0 aromatic rings. The van der Waals surface area contributed by atoms with Gasteiger partial charge in [0.25, 0.3) is 0 Å². The number of fused-ring (bicyclic) bond motifs is 1. The normalized spacial score (nSPS) is 38.2. The van der Waals surface area contributed by atoms with Crippen LogP contribution in [0.4, 0.5) is 0 Å². The molecule has 0 radical (unpaired) electrons. The van der Waals surface area contributed by atoms with Gasteiger partial charge in [0, 0.05) is 12.1 Å². The number of nitrogens with one attached hydrogen (secondary N) is 1. The molecule has 2 aliphatic rings. The molecule has 1 heterocycles. The van der Waals surface area contributed by atoms with Gasteiger partial charge in [0.05, 0.1) is 0 Å². The minimum atomic E-state index is 0.442. The lowest BCUT2D eigenvalue weighted by atomic mass is 9.76. The Labute approximate surface area is 95.0 Å². The molecule has 0 amide bonds. The summed E-state index contributed by atoms with van der Waals surface area (Å²) in [5.74, 6) is 0.992. The maximum Gasteiger partial charge on any atom is 0.0118 e. The number of piperidine rings is 1. The zero-order valence-corrected chi connectivity index (χ0v) is 10.7. The summed E-state index contributed by atoms with van der Waals surface area (Å²) in [4.78, 5) is 0. The van der Waals surface area contributed by atoms with Crippen LogP contribution >= 0.6 is 0 Å². The molecule has 3 atom stereocenters. The van der Waals surface area contributed by atoms with Crippen molar-refractivity contribution in [3.8, 4) is 0 Å². The number of rotatable bonds is 0. The molecule has 2 fully saturated rings. The predicted molar refractivity (Wildman–Crippen MR) is 66.0 cm³/mol. The van der Waals surface area contributed by atoms with E-state index in [0.717, 1.165) is 18.0 Å². The van der Waals surface area contributed by atoms with Crippen LogP contribution in [-0.2, 0) is 0 Å². The lowest BCUT2D eigenvalue weighted by molar-refractivity contribution is 0.143. The second kappa shape index (κ2) is 4.45. The van der Waals surface area contributed by atoms with Crippen molar-refractivity contribution in [2.24, 2.45) is 11.3 Å². The molecule has 2 rings (SSSR count). The van der Waals surface area contributed by atoms with Gasteiger partial charge in [-0.1, -0.05) is 40.0 Å². The van der Waals surface area contributed by atoms with E-state index < -0.39 is 0 Å². The van der Waals surface area contributed by atoms with E-state index in [1.54, 1.807) is 0 Å². The van der Waals surface area contributed by atoms with E-state index in [4.69, 9.17) is 0 Å². The first-order valence-electron chi connectivity index (χ1n) is 6.83. The van der Waals surface area contributed by atoms with Gasteiger partial charge < -0.3 is 5.32 Å². The maximum atomic E-state index is 3.94. The van der Waals surface area contributed by atoms with Crippen LogP contribution in [0, 0.1) is 11.3 Å². The largest absolute Gasteiger partial charge is 0.310 e. The Bertz CT molecular complexity index is 204. The van der Waals surface area contributed by atoms with Crippen molar-refractivity contribution in [3.63, 3.8) is 0 Å². The molecule has 1 nitrogen and oxygen atoms in total. The fourth-order valence-corrected chi connectivity index (χ4v) is 3.35. The molecule has 88 valence electrons. The Morgan fingerprint density at radius 2 is 1.60 bits per heavy atom. The zero-order valence-electron chi connectivity index (χ0n) is 10.7. The van der Waals surface area contributed by atoms with Gasteiger partial charge in [0.1, 0.15) is 0 Å². The van der Waals surface area contributed by atoms with E-state index in [9.17, 15) is 0 Å². The van der Waals surface area contributed by atoms with Crippen LogP contribution in [0.15, 0.2) is 0 Å². The van der Waals surface area contributed by atoms with E-state index in [0.29, 0.717) is 5.41 Å². The van der Waals surface area contributed by atoms with Crippen molar-refractivity contribution >= 4 is 0 Å². The predicted octanol–water partition coefficient (Wildman–Crippen LogP) is 3.73. The van der Waals surface area contributed by atoms with E-state index in [-0.39, 0.29) is 0 Å². The fraction of sp³-hybridized carbons (Fsp3) is 1.00. The van der Waals surface area contributed by atoms with Crippen molar-refractivity contribution in [2.45, 2.75) is 77.8 Å². The van der Waals surface area contributed by atoms with Gasteiger partial charge in [-0.2, -0.15) is 0 Å². The van der Waals surface area contributed by atoms with Crippen LogP contribution in [0.3, 0.4) is 0 Å². The van der Waals surface area contributed by atoms with Crippen molar-refractivity contribution in [2.75, 3.05) is 0 Å². The van der Waals surface area contributed by atoms with E-state index >= 15 is 0 Å². The highest BCUT2D eigenvalue weighted by Gasteiger charge is 2.35. The molecule has 3 unspecified atom stereocenters. The molecular formula is C14H27N. The molecule has 1 N–H and O–H groups in total. The molecule has 15 heavy (non-hydrogen) atoms. The van der Waals surface area contributed by atoms with Crippen LogP contribution in [0.25, 0.3) is 0 Å². The standard InChI is InChI=1S/C14H27N/c1-14(2,3)13-10-9-11-7-5-4-6-8-12(11)15-13/h11-13,15H,4-10H2,1-3H3. The first-order valence-corrected chi connectivity index (χ1v) is 6.83. The summed E-state index contributed by atoms with van der Waals surface area (Å²) in [5, 5.41) is 3.94. The van der Waals surface area contributed by atoms with Crippen LogP contribution < -0.4 is 5.32 Å². The third-order valence-corrected chi connectivity index (χ3v) is 4.45. The Morgan fingerprint density at radius 1 is 0.867 bits per heavy atom. The van der Waals surface area contributed by atoms with E-state index in [2.05, 4.69) is 26.1 Å². The SMILES string of the molecule is CC(C)(C)C1CCC2CCCCCC2N1. The highest BCUT2D eigenvalue weighted by atomic mass is 15.0. The molecule has 0 spiro atoms. The Balaban J connectivity index is 1.97. The summed E-state index contributed by atoms with van der Waals surface area (Å²) in [6.45, 7) is 7.13. The average molecular weight is 209 g/mol. The number of hydrogen-bond acceptors (Lipinski definition) is 1. The van der Waals surface area contributed by atoms with Gasteiger partial charge in [-0.05, 0) is 37.0 Å². The van der Waals surface area contributed by atoms with Crippen LogP contribution in [0.5, 0.6) is 0 Å². The summed E-state index contributed by atoms with van der Waals surface area (Å²) in [7, 11) is 0. The fourth-order valence-electron chi connectivity index (χ4n) is 3.35.